The first-order valence-corrected chi connectivity index (χ1v) is 11.7. The van der Waals surface area contributed by atoms with Crippen molar-refractivity contribution < 1.29 is 13.2 Å². The molecule has 4 heteroatoms. The largest absolute Gasteiger partial charge is 0.416 e. The van der Waals surface area contributed by atoms with Crippen molar-refractivity contribution in [1.29, 1.82) is 5.26 Å². The molecule has 0 heterocycles. The maximum Gasteiger partial charge on any atom is 0.416 e. The Hall–Kier alpha value is -1.76. The monoisotopic (exact) mass is 417 g/mol. The third-order valence-electron chi connectivity index (χ3n) is 7.37. The molecule has 2 fully saturated rings. The van der Waals surface area contributed by atoms with Crippen LogP contribution >= 0.6 is 0 Å². The summed E-state index contributed by atoms with van der Waals surface area (Å²) in [7, 11) is 0. The third kappa shape index (κ3) is 6.89. The molecule has 1 aromatic rings. The molecule has 1 nitrogen and oxygen atoms in total. The van der Waals surface area contributed by atoms with Crippen LogP contribution in [-0.2, 0) is 6.18 Å². The van der Waals surface area contributed by atoms with Gasteiger partial charge >= 0.3 is 6.18 Å². The molecule has 0 saturated heterocycles. The summed E-state index contributed by atoms with van der Waals surface area (Å²) < 4.78 is 38.2. The highest BCUT2D eigenvalue weighted by Crippen LogP contribution is 2.39. The summed E-state index contributed by atoms with van der Waals surface area (Å²) in [6.07, 6.45) is 14.5. The van der Waals surface area contributed by atoms with Gasteiger partial charge in [0.25, 0.3) is 0 Å². The topological polar surface area (TPSA) is 23.8 Å². The molecule has 0 aromatic heterocycles. The lowest BCUT2D eigenvalue weighted by atomic mass is 9.76. The highest BCUT2D eigenvalue weighted by molar-refractivity contribution is 5.27. The van der Waals surface area contributed by atoms with Crippen LogP contribution < -0.4 is 0 Å². The molecular weight excluding hydrogens is 383 g/mol. The maximum absolute atomic E-state index is 12.7. The van der Waals surface area contributed by atoms with Crippen molar-refractivity contribution in [1.82, 2.24) is 0 Å². The van der Waals surface area contributed by atoms with Crippen molar-refractivity contribution in [3.63, 3.8) is 0 Å². The number of rotatable bonds is 7. The van der Waals surface area contributed by atoms with Crippen molar-refractivity contribution in [2.45, 2.75) is 89.1 Å². The number of hydrogen-bond donors (Lipinski definition) is 0. The summed E-state index contributed by atoms with van der Waals surface area (Å²) in [4.78, 5) is 0. The molecule has 2 saturated carbocycles. The minimum absolute atomic E-state index is 0.425. The van der Waals surface area contributed by atoms with Gasteiger partial charge in [0.1, 0.15) is 0 Å². The van der Waals surface area contributed by atoms with Gasteiger partial charge in [-0.05, 0) is 92.7 Å². The Kier molecular flexibility index (Phi) is 8.42. The molecule has 1 aromatic carbocycles. The number of halogens is 3. The van der Waals surface area contributed by atoms with Gasteiger partial charge in [-0.1, -0.05) is 43.9 Å². The van der Waals surface area contributed by atoms with Crippen LogP contribution in [0.3, 0.4) is 0 Å². The standard InChI is InChI=1S/C26H34F3N/c27-26(28,29)25-17-15-24(16-18-25)23-13-11-21(12-14-23)5-2-1-4-20-7-9-22(10-8-20)6-3-19-30/h3,6,15-18,20-23H,1-2,4-5,7-14H2. The van der Waals surface area contributed by atoms with Crippen LogP contribution in [0.15, 0.2) is 36.4 Å². The fraction of sp³-hybridized carbons (Fsp3) is 0.654. The lowest BCUT2D eigenvalue weighted by Crippen LogP contribution is -2.15. The van der Waals surface area contributed by atoms with Gasteiger partial charge in [-0.2, -0.15) is 18.4 Å². The summed E-state index contributed by atoms with van der Waals surface area (Å²) in [5, 5.41) is 8.63. The Morgan fingerprint density at radius 3 is 1.87 bits per heavy atom. The second kappa shape index (κ2) is 11.0. The molecule has 0 aliphatic heterocycles. The Balaban J connectivity index is 1.29. The molecule has 2 aliphatic rings. The Labute approximate surface area is 179 Å². The number of benzene rings is 1. The summed E-state index contributed by atoms with van der Waals surface area (Å²) in [5.41, 5.74) is 0.522. The molecule has 30 heavy (non-hydrogen) atoms. The van der Waals surface area contributed by atoms with Crippen LogP contribution in [-0.4, -0.2) is 0 Å². The molecule has 2 aliphatic carbocycles. The van der Waals surface area contributed by atoms with E-state index in [0.717, 1.165) is 30.2 Å². The van der Waals surface area contributed by atoms with Crippen LogP contribution in [0.4, 0.5) is 13.2 Å². The normalized spacial score (nSPS) is 27.8. The zero-order chi connectivity index (χ0) is 21.4. The number of hydrogen-bond acceptors (Lipinski definition) is 1. The van der Waals surface area contributed by atoms with Crippen molar-refractivity contribution in [2.24, 2.45) is 17.8 Å². The van der Waals surface area contributed by atoms with E-state index in [-0.39, 0.29) is 0 Å². The number of nitriles is 1. The predicted octanol–water partition coefficient (Wildman–Crippen LogP) is 8.43. The fourth-order valence-electron chi connectivity index (χ4n) is 5.44. The van der Waals surface area contributed by atoms with Crippen molar-refractivity contribution in [3.05, 3.63) is 47.5 Å². The zero-order valence-electron chi connectivity index (χ0n) is 17.8. The van der Waals surface area contributed by atoms with Gasteiger partial charge in [0.05, 0.1) is 11.6 Å². The second-order valence-corrected chi connectivity index (χ2v) is 9.39. The van der Waals surface area contributed by atoms with Crippen LogP contribution in [0.2, 0.25) is 0 Å². The average Bonchev–Trinajstić information content (AvgIpc) is 2.76. The molecule has 0 N–H and O–H groups in total. The van der Waals surface area contributed by atoms with Gasteiger partial charge in [0, 0.05) is 6.08 Å². The van der Waals surface area contributed by atoms with E-state index in [1.54, 1.807) is 18.2 Å². The number of nitrogens with zero attached hydrogens (tertiary/aromatic N) is 1. The van der Waals surface area contributed by atoms with Crippen LogP contribution in [0.5, 0.6) is 0 Å². The smallest absolute Gasteiger partial charge is 0.193 e. The number of alkyl halides is 3. The Bertz CT molecular complexity index is 697. The summed E-state index contributed by atoms with van der Waals surface area (Å²) in [5.74, 6) is 2.70. The van der Waals surface area contributed by atoms with Gasteiger partial charge in [-0.15, -0.1) is 0 Å². The van der Waals surface area contributed by atoms with E-state index in [1.165, 1.54) is 76.3 Å². The van der Waals surface area contributed by atoms with Crippen LogP contribution in [0.1, 0.15) is 94.1 Å². The Morgan fingerprint density at radius 2 is 1.37 bits per heavy atom. The lowest BCUT2D eigenvalue weighted by molar-refractivity contribution is -0.137. The highest BCUT2D eigenvalue weighted by Gasteiger charge is 2.30. The molecule has 3 rings (SSSR count). The van der Waals surface area contributed by atoms with E-state index in [0.29, 0.717) is 11.8 Å². The van der Waals surface area contributed by atoms with Crippen molar-refractivity contribution in [2.75, 3.05) is 0 Å². The number of allylic oxidation sites excluding steroid dienone is 2. The van der Waals surface area contributed by atoms with Crippen LogP contribution in [0, 0.1) is 29.1 Å². The minimum Gasteiger partial charge on any atom is -0.193 e. The van der Waals surface area contributed by atoms with E-state index in [9.17, 15) is 13.2 Å². The van der Waals surface area contributed by atoms with Crippen molar-refractivity contribution in [3.8, 4) is 6.07 Å². The molecule has 164 valence electrons. The summed E-state index contributed by atoms with van der Waals surface area (Å²) in [6, 6.07) is 7.92. The van der Waals surface area contributed by atoms with Crippen LogP contribution in [0.25, 0.3) is 0 Å². The van der Waals surface area contributed by atoms with Gasteiger partial charge in [0.2, 0.25) is 0 Å². The molecule has 0 atom stereocenters. The van der Waals surface area contributed by atoms with E-state index < -0.39 is 11.7 Å². The first-order valence-electron chi connectivity index (χ1n) is 11.7. The first kappa shape index (κ1) is 22.9. The molecule has 0 bridgehead atoms. The van der Waals surface area contributed by atoms with Gasteiger partial charge in [-0.3, -0.25) is 0 Å². The third-order valence-corrected chi connectivity index (χ3v) is 7.37. The van der Waals surface area contributed by atoms with E-state index >= 15 is 0 Å². The van der Waals surface area contributed by atoms with Gasteiger partial charge in [-0.25, -0.2) is 0 Å². The fourth-order valence-corrected chi connectivity index (χ4v) is 5.44. The molecule has 0 spiro atoms. The quantitative estimate of drug-likeness (QED) is 0.322. The predicted molar refractivity (Wildman–Crippen MR) is 115 cm³/mol. The minimum atomic E-state index is -4.25. The summed E-state index contributed by atoms with van der Waals surface area (Å²) in [6.45, 7) is 0. The molecule has 0 amide bonds. The van der Waals surface area contributed by atoms with Gasteiger partial charge in [0.15, 0.2) is 0 Å². The average molecular weight is 418 g/mol. The van der Waals surface area contributed by atoms with E-state index in [1.807, 2.05) is 0 Å². The lowest BCUT2D eigenvalue weighted by Gasteiger charge is -2.29. The number of unbranched alkanes of at least 4 members (excludes halogenated alkanes) is 1. The first-order chi connectivity index (χ1) is 14.5. The maximum atomic E-state index is 12.7. The van der Waals surface area contributed by atoms with Gasteiger partial charge < -0.3 is 0 Å². The second-order valence-electron chi connectivity index (χ2n) is 9.39. The highest BCUT2D eigenvalue weighted by atomic mass is 19.4. The zero-order valence-corrected chi connectivity index (χ0v) is 17.8. The molecular formula is C26H34F3N. The molecule has 0 unspecified atom stereocenters. The SMILES string of the molecule is N#CC=CC1CCC(CCCCC2CCC(c3ccc(C(F)(F)F)cc3)CC2)CC1. The molecule has 0 radical (unpaired) electrons. The van der Waals surface area contributed by atoms with E-state index in [2.05, 4.69) is 12.1 Å². The summed E-state index contributed by atoms with van der Waals surface area (Å²) >= 11 is 0. The Morgan fingerprint density at radius 1 is 0.833 bits per heavy atom. The van der Waals surface area contributed by atoms with Crippen molar-refractivity contribution >= 4 is 0 Å². The van der Waals surface area contributed by atoms with E-state index in [4.69, 9.17) is 5.26 Å².